The van der Waals surface area contributed by atoms with Crippen LogP contribution in [-0.4, -0.2) is 41.6 Å². The van der Waals surface area contributed by atoms with Gasteiger partial charge in [0.1, 0.15) is 11.9 Å². The van der Waals surface area contributed by atoms with Crippen LogP contribution in [0.3, 0.4) is 0 Å². The number of hydrogen-bond acceptors (Lipinski definition) is 4. The minimum absolute atomic E-state index is 0.642. The molecule has 4 nitrogen and oxygen atoms in total. The third kappa shape index (κ3) is 2.59. The second-order valence-electron chi connectivity index (χ2n) is 7.12. The van der Waals surface area contributed by atoms with Crippen molar-refractivity contribution in [1.29, 1.82) is 5.26 Å². The molecule has 3 aliphatic rings. The lowest BCUT2D eigenvalue weighted by molar-refractivity contribution is 0.150. The summed E-state index contributed by atoms with van der Waals surface area (Å²) in [4.78, 5) is 9.65. The smallest absolute Gasteiger partial charge is 0.128 e. The van der Waals surface area contributed by atoms with Crippen LogP contribution in [0.15, 0.2) is 18.3 Å². The van der Waals surface area contributed by atoms with E-state index in [0.29, 0.717) is 5.56 Å². The van der Waals surface area contributed by atoms with Crippen LogP contribution in [0.25, 0.3) is 0 Å². The summed E-state index contributed by atoms with van der Waals surface area (Å²) >= 11 is 0. The molecule has 2 aliphatic heterocycles. The molecule has 0 spiro atoms. The van der Waals surface area contributed by atoms with Gasteiger partial charge < -0.3 is 4.90 Å². The van der Waals surface area contributed by atoms with E-state index in [2.05, 4.69) is 20.9 Å². The SMILES string of the molecule is N#Cc1ccc(N2CCC(N3C[C@@H]4CCC[C@H]3C4)CC2)nc1. The Hall–Kier alpha value is -1.60. The summed E-state index contributed by atoms with van der Waals surface area (Å²) < 4.78 is 0. The lowest BCUT2D eigenvalue weighted by Gasteiger charge is -2.39. The molecular formula is C18H24N4. The zero-order valence-corrected chi connectivity index (χ0v) is 13.1. The summed E-state index contributed by atoms with van der Waals surface area (Å²) in [5.74, 6) is 2.01. The van der Waals surface area contributed by atoms with Crippen molar-refractivity contribution < 1.29 is 0 Å². The zero-order chi connectivity index (χ0) is 14.9. The van der Waals surface area contributed by atoms with Crippen molar-refractivity contribution in [3.63, 3.8) is 0 Å². The molecule has 4 rings (SSSR count). The Bertz CT molecular complexity index is 553. The van der Waals surface area contributed by atoms with Gasteiger partial charge in [0.2, 0.25) is 0 Å². The van der Waals surface area contributed by atoms with Crippen LogP contribution < -0.4 is 4.90 Å². The van der Waals surface area contributed by atoms with Crippen LogP contribution in [0.5, 0.6) is 0 Å². The van der Waals surface area contributed by atoms with Gasteiger partial charge in [0.05, 0.1) is 5.56 Å². The highest BCUT2D eigenvalue weighted by Crippen LogP contribution is 2.38. The van der Waals surface area contributed by atoms with Crippen molar-refractivity contribution in [2.75, 3.05) is 24.5 Å². The van der Waals surface area contributed by atoms with E-state index in [9.17, 15) is 0 Å². The Morgan fingerprint density at radius 1 is 1.09 bits per heavy atom. The normalized spacial score (nSPS) is 29.5. The van der Waals surface area contributed by atoms with Crippen molar-refractivity contribution in [3.8, 4) is 6.07 Å². The standard InChI is InChI=1S/C18H24N4/c19-11-15-4-5-18(20-12-15)21-8-6-16(7-9-21)22-13-14-2-1-3-17(22)10-14/h4-5,12,14,16-17H,1-3,6-10,13H2/t14-,17+/m1/s1. The molecule has 2 atom stereocenters. The predicted octanol–water partition coefficient (Wildman–Crippen LogP) is 2.80. The number of piperidine rings is 1. The molecule has 0 amide bonds. The Balaban J connectivity index is 1.37. The quantitative estimate of drug-likeness (QED) is 0.841. The molecule has 1 saturated carbocycles. The molecular weight excluding hydrogens is 272 g/mol. The molecule has 4 heteroatoms. The molecule has 3 heterocycles. The second kappa shape index (κ2) is 5.89. The van der Waals surface area contributed by atoms with E-state index in [1.165, 1.54) is 45.1 Å². The third-order valence-corrected chi connectivity index (χ3v) is 5.83. The molecule has 1 aliphatic carbocycles. The minimum atomic E-state index is 0.642. The number of nitrogens with zero attached hydrogens (tertiary/aromatic N) is 4. The first-order valence-corrected chi connectivity index (χ1v) is 8.70. The highest BCUT2D eigenvalue weighted by atomic mass is 15.3. The van der Waals surface area contributed by atoms with E-state index in [4.69, 9.17) is 5.26 Å². The number of aromatic nitrogens is 1. The lowest BCUT2D eigenvalue weighted by atomic mass is 9.90. The van der Waals surface area contributed by atoms with Gasteiger partial charge in [-0.15, -0.1) is 0 Å². The lowest BCUT2D eigenvalue weighted by Crippen LogP contribution is -2.46. The number of pyridine rings is 1. The molecule has 0 unspecified atom stereocenters. The first-order chi connectivity index (χ1) is 10.8. The topological polar surface area (TPSA) is 43.2 Å². The fourth-order valence-corrected chi connectivity index (χ4v) is 4.69. The number of likely N-dealkylation sites (tertiary alicyclic amines) is 1. The molecule has 0 radical (unpaired) electrons. The molecule has 2 saturated heterocycles. The van der Waals surface area contributed by atoms with Crippen LogP contribution in [-0.2, 0) is 0 Å². The zero-order valence-electron chi connectivity index (χ0n) is 13.1. The van der Waals surface area contributed by atoms with E-state index >= 15 is 0 Å². The Labute approximate surface area is 132 Å². The van der Waals surface area contributed by atoms with E-state index in [0.717, 1.165) is 36.9 Å². The number of hydrogen-bond donors (Lipinski definition) is 0. The summed E-state index contributed by atoms with van der Waals surface area (Å²) in [6, 6.07) is 7.65. The van der Waals surface area contributed by atoms with Gasteiger partial charge in [0.15, 0.2) is 0 Å². The maximum atomic E-state index is 8.86. The molecule has 116 valence electrons. The summed E-state index contributed by atoms with van der Waals surface area (Å²) in [6.45, 7) is 3.54. The van der Waals surface area contributed by atoms with Gasteiger partial charge in [-0.25, -0.2) is 4.98 Å². The van der Waals surface area contributed by atoms with Gasteiger partial charge in [-0.1, -0.05) is 6.42 Å². The van der Waals surface area contributed by atoms with Crippen molar-refractivity contribution in [2.24, 2.45) is 5.92 Å². The maximum Gasteiger partial charge on any atom is 0.128 e. The van der Waals surface area contributed by atoms with Crippen LogP contribution in [0.1, 0.15) is 44.1 Å². The van der Waals surface area contributed by atoms with Gasteiger partial charge >= 0.3 is 0 Å². The van der Waals surface area contributed by atoms with Gasteiger partial charge in [-0.3, -0.25) is 4.90 Å². The predicted molar refractivity (Wildman–Crippen MR) is 86.6 cm³/mol. The van der Waals surface area contributed by atoms with E-state index in [-0.39, 0.29) is 0 Å². The van der Waals surface area contributed by atoms with Crippen LogP contribution >= 0.6 is 0 Å². The number of anilines is 1. The average molecular weight is 296 g/mol. The first-order valence-electron chi connectivity index (χ1n) is 8.70. The average Bonchev–Trinajstić information content (AvgIpc) is 2.89. The molecule has 0 N–H and O–H groups in total. The molecule has 1 aromatic heterocycles. The largest absolute Gasteiger partial charge is 0.357 e. The van der Waals surface area contributed by atoms with E-state index < -0.39 is 0 Å². The molecule has 3 fully saturated rings. The van der Waals surface area contributed by atoms with Crippen molar-refractivity contribution in [1.82, 2.24) is 9.88 Å². The number of nitriles is 1. The summed E-state index contributed by atoms with van der Waals surface area (Å²) in [7, 11) is 0. The molecule has 22 heavy (non-hydrogen) atoms. The third-order valence-electron chi connectivity index (χ3n) is 5.83. The number of rotatable bonds is 2. The maximum absolute atomic E-state index is 8.86. The number of fused-ring (bicyclic) bond motifs is 2. The summed E-state index contributed by atoms with van der Waals surface area (Å²) in [5.41, 5.74) is 0.642. The highest BCUT2D eigenvalue weighted by Gasteiger charge is 2.39. The monoisotopic (exact) mass is 296 g/mol. The molecule has 1 aromatic rings. The van der Waals surface area contributed by atoms with E-state index in [1.807, 2.05) is 12.1 Å². The van der Waals surface area contributed by atoms with Gasteiger partial charge in [0, 0.05) is 37.9 Å². The Morgan fingerprint density at radius 3 is 2.64 bits per heavy atom. The van der Waals surface area contributed by atoms with Crippen molar-refractivity contribution >= 4 is 5.82 Å². The molecule has 2 bridgehead atoms. The first kappa shape index (κ1) is 14.0. The minimum Gasteiger partial charge on any atom is -0.357 e. The van der Waals surface area contributed by atoms with Gasteiger partial charge in [-0.05, 0) is 50.2 Å². The Morgan fingerprint density at radius 2 is 1.95 bits per heavy atom. The van der Waals surface area contributed by atoms with Gasteiger partial charge in [-0.2, -0.15) is 5.26 Å². The van der Waals surface area contributed by atoms with Crippen LogP contribution in [0, 0.1) is 17.2 Å². The summed E-state index contributed by atoms with van der Waals surface area (Å²) in [5, 5.41) is 8.86. The molecule has 0 aromatic carbocycles. The second-order valence-corrected chi connectivity index (χ2v) is 7.12. The van der Waals surface area contributed by atoms with Crippen molar-refractivity contribution in [2.45, 2.75) is 50.6 Å². The van der Waals surface area contributed by atoms with Crippen LogP contribution in [0.4, 0.5) is 5.82 Å². The highest BCUT2D eigenvalue weighted by molar-refractivity contribution is 5.42. The summed E-state index contributed by atoms with van der Waals surface area (Å²) in [6.07, 6.45) is 9.98. The fraction of sp³-hybridized carbons (Fsp3) is 0.667. The van der Waals surface area contributed by atoms with Crippen LogP contribution in [0.2, 0.25) is 0 Å². The van der Waals surface area contributed by atoms with Crippen molar-refractivity contribution in [3.05, 3.63) is 23.9 Å². The van der Waals surface area contributed by atoms with E-state index in [1.54, 1.807) is 6.20 Å². The van der Waals surface area contributed by atoms with Gasteiger partial charge in [0.25, 0.3) is 0 Å². The fourth-order valence-electron chi connectivity index (χ4n) is 4.69. The Kier molecular flexibility index (Phi) is 3.75.